The summed E-state index contributed by atoms with van der Waals surface area (Å²) in [5.41, 5.74) is 0.363. The van der Waals surface area contributed by atoms with Gasteiger partial charge in [-0.1, -0.05) is 15.9 Å². The van der Waals surface area contributed by atoms with Gasteiger partial charge in [0, 0.05) is 36.1 Å². The van der Waals surface area contributed by atoms with E-state index in [1.165, 1.54) is 19.1 Å². The second kappa shape index (κ2) is 8.28. The van der Waals surface area contributed by atoms with Crippen molar-refractivity contribution in [1.82, 2.24) is 9.97 Å². The van der Waals surface area contributed by atoms with Gasteiger partial charge >= 0.3 is 6.18 Å². The molecule has 0 amide bonds. The molecule has 0 fully saturated rings. The molecule has 2 aromatic carbocycles. The number of hydrogen-bond donors (Lipinski definition) is 0. The van der Waals surface area contributed by atoms with Gasteiger partial charge in [0.25, 0.3) is 0 Å². The zero-order valence-corrected chi connectivity index (χ0v) is 17.5. The van der Waals surface area contributed by atoms with Crippen molar-refractivity contribution in [2.75, 3.05) is 31.0 Å². The largest absolute Gasteiger partial charge is 0.497 e. The van der Waals surface area contributed by atoms with Crippen molar-refractivity contribution in [3.05, 3.63) is 64.8 Å². The number of rotatable bonds is 5. The van der Waals surface area contributed by atoms with Crippen LogP contribution in [0, 0.1) is 0 Å². The lowest BCUT2D eigenvalue weighted by molar-refractivity contribution is -0.137. The van der Waals surface area contributed by atoms with Gasteiger partial charge in [-0.05, 0) is 48.5 Å². The van der Waals surface area contributed by atoms with Crippen LogP contribution in [0.1, 0.15) is 5.56 Å². The minimum Gasteiger partial charge on any atom is -0.497 e. The van der Waals surface area contributed by atoms with Gasteiger partial charge in [0.05, 0.1) is 7.11 Å². The van der Waals surface area contributed by atoms with Crippen molar-refractivity contribution < 1.29 is 17.9 Å². The van der Waals surface area contributed by atoms with Crippen molar-refractivity contribution >= 4 is 39.1 Å². The van der Waals surface area contributed by atoms with Crippen LogP contribution in [0.2, 0.25) is 0 Å². The van der Waals surface area contributed by atoms with Crippen LogP contribution in [0.4, 0.5) is 36.3 Å². The van der Waals surface area contributed by atoms with E-state index in [4.69, 9.17) is 4.74 Å². The molecule has 5 nitrogen and oxygen atoms in total. The fourth-order valence-corrected chi connectivity index (χ4v) is 2.95. The highest BCUT2D eigenvalue weighted by atomic mass is 79.9. The van der Waals surface area contributed by atoms with E-state index in [0.717, 1.165) is 16.4 Å². The Morgan fingerprint density at radius 1 is 0.897 bits per heavy atom. The zero-order chi connectivity index (χ0) is 21.2. The SMILES string of the molecule is COc1ccc(N(C)c2nc(N(C)c3ccc(Br)cc3)ncc2C(F)(F)F)cc1. The van der Waals surface area contributed by atoms with E-state index in [9.17, 15) is 13.2 Å². The molecular formula is C20H18BrF3N4O. The topological polar surface area (TPSA) is 41.5 Å². The molecule has 3 aromatic rings. The fraction of sp³-hybridized carbons (Fsp3) is 0.200. The maximum absolute atomic E-state index is 13.6. The van der Waals surface area contributed by atoms with Crippen LogP contribution in [-0.2, 0) is 6.18 Å². The molecule has 0 saturated heterocycles. The molecular weight excluding hydrogens is 449 g/mol. The number of ether oxygens (including phenoxy) is 1. The van der Waals surface area contributed by atoms with E-state index >= 15 is 0 Å². The number of anilines is 4. The maximum Gasteiger partial charge on any atom is 0.421 e. The molecule has 3 rings (SSSR count). The molecule has 1 heterocycles. The van der Waals surface area contributed by atoms with Crippen LogP contribution in [0.5, 0.6) is 5.75 Å². The summed E-state index contributed by atoms with van der Waals surface area (Å²) in [5, 5.41) is 0. The number of nitrogens with zero attached hydrogens (tertiary/aromatic N) is 4. The van der Waals surface area contributed by atoms with Gasteiger partial charge in [0.2, 0.25) is 5.95 Å². The Labute approximate surface area is 174 Å². The highest BCUT2D eigenvalue weighted by molar-refractivity contribution is 9.10. The molecule has 0 bridgehead atoms. The molecule has 0 aliphatic rings. The predicted molar refractivity (Wildman–Crippen MR) is 110 cm³/mol. The van der Waals surface area contributed by atoms with Crippen LogP contribution in [0.15, 0.2) is 59.2 Å². The Bertz CT molecular complexity index is 979. The summed E-state index contributed by atoms with van der Waals surface area (Å²) in [7, 11) is 4.75. The quantitative estimate of drug-likeness (QED) is 0.475. The minimum atomic E-state index is -4.59. The smallest absolute Gasteiger partial charge is 0.421 e. The summed E-state index contributed by atoms with van der Waals surface area (Å²) < 4.78 is 46.8. The monoisotopic (exact) mass is 466 g/mol. The Morgan fingerprint density at radius 2 is 1.45 bits per heavy atom. The fourth-order valence-electron chi connectivity index (χ4n) is 2.69. The standard InChI is InChI=1S/C20H18BrF3N4O/c1-27(14-8-10-16(29-3)11-9-14)18-17(20(22,23)24)12-25-19(26-18)28(2)15-6-4-13(21)5-7-15/h4-12H,1-3H3. The first kappa shape index (κ1) is 20.9. The molecule has 29 heavy (non-hydrogen) atoms. The first-order valence-corrected chi connectivity index (χ1v) is 9.31. The van der Waals surface area contributed by atoms with E-state index in [0.29, 0.717) is 11.4 Å². The lowest BCUT2D eigenvalue weighted by Crippen LogP contribution is -2.21. The third-order valence-corrected chi connectivity index (χ3v) is 4.88. The van der Waals surface area contributed by atoms with Gasteiger partial charge in [0.1, 0.15) is 11.3 Å². The van der Waals surface area contributed by atoms with E-state index < -0.39 is 11.7 Å². The minimum absolute atomic E-state index is 0.149. The molecule has 0 radical (unpaired) electrons. The van der Waals surface area contributed by atoms with Gasteiger partial charge in [-0.25, -0.2) is 4.98 Å². The molecule has 152 valence electrons. The Morgan fingerprint density at radius 3 is 2.00 bits per heavy atom. The first-order chi connectivity index (χ1) is 13.7. The normalized spacial score (nSPS) is 11.3. The summed E-state index contributed by atoms with van der Waals surface area (Å²) in [5.74, 6) is 0.517. The van der Waals surface area contributed by atoms with Crippen molar-refractivity contribution in [3.63, 3.8) is 0 Å². The Balaban J connectivity index is 2.04. The summed E-state index contributed by atoms with van der Waals surface area (Å²) in [6.45, 7) is 0. The number of halogens is 4. The lowest BCUT2D eigenvalue weighted by Gasteiger charge is -2.25. The van der Waals surface area contributed by atoms with Crippen molar-refractivity contribution in [2.45, 2.75) is 6.18 Å². The molecule has 0 atom stereocenters. The van der Waals surface area contributed by atoms with Crippen molar-refractivity contribution in [2.24, 2.45) is 0 Å². The van der Waals surface area contributed by atoms with Crippen LogP contribution < -0.4 is 14.5 Å². The molecule has 0 unspecified atom stereocenters. The third kappa shape index (κ3) is 4.61. The van der Waals surface area contributed by atoms with Crippen LogP contribution in [0.3, 0.4) is 0 Å². The summed E-state index contributed by atoms with van der Waals surface area (Å²) >= 11 is 3.36. The molecule has 9 heteroatoms. The van der Waals surface area contributed by atoms with Crippen molar-refractivity contribution in [3.8, 4) is 5.75 Å². The second-order valence-corrected chi connectivity index (χ2v) is 7.11. The third-order valence-electron chi connectivity index (χ3n) is 4.35. The summed E-state index contributed by atoms with van der Waals surface area (Å²) in [6, 6.07) is 14.0. The van der Waals surface area contributed by atoms with Gasteiger partial charge < -0.3 is 14.5 Å². The van der Waals surface area contributed by atoms with Crippen LogP contribution in [-0.4, -0.2) is 31.2 Å². The predicted octanol–water partition coefficient (Wildman–Crippen LogP) is 5.80. The van der Waals surface area contributed by atoms with Crippen molar-refractivity contribution in [1.29, 1.82) is 0 Å². The average Bonchev–Trinajstić information content (AvgIpc) is 2.72. The van der Waals surface area contributed by atoms with Gasteiger partial charge in [-0.2, -0.15) is 18.2 Å². The number of alkyl halides is 3. The van der Waals surface area contributed by atoms with E-state index in [1.54, 1.807) is 36.2 Å². The van der Waals surface area contributed by atoms with E-state index in [-0.39, 0.29) is 11.8 Å². The molecule has 1 aromatic heterocycles. The number of benzene rings is 2. The number of methoxy groups -OCH3 is 1. The van der Waals surface area contributed by atoms with E-state index in [2.05, 4.69) is 25.9 Å². The summed E-state index contributed by atoms with van der Waals surface area (Å²) in [4.78, 5) is 11.2. The van der Waals surface area contributed by atoms with Crippen LogP contribution in [0.25, 0.3) is 0 Å². The van der Waals surface area contributed by atoms with Gasteiger partial charge in [-0.15, -0.1) is 0 Å². The highest BCUT2D eigenvalue weighted by Crippen LogP contribution is 2.38. The average molecular weight is 467 g/mol. The maximum atomic E-state index is 13.6. The molecule has 0 aliphatic carbocycles. The molecule has 0 aliphatic heterocycles. The van der Waals surface area contributed by atoms with Crippen LogP contribution >= 0.6 is 15.9 Å². The molecule has 0 saturated carbocycles. The highest BCUT2D eigenvalue weighted by Gasteiger charge is 2.37. The summed E-state index contributed by atoms with van der Waals surface area (Å²) in [6.07, 6.45) is -3.78. The van der Waals surface area contributed by atoms with Gasteiger partial charge in [0.15, 0.2) is 5.82 Å². The van der Waals surface area contributed by atoms with E-state index in [1.807, 2.05) is 24.3 Å². The molecule has 0 spiro atoms. The Hall–Kier alpha value is -2.81. The molecule has 0 N–H and O–H groups in total. The Kier molecular flexibility index (Phi) is 5.97. The number of aromatic nitrogens is 2. The number of hydrogen-bond acceptors (Lipinski definition) is 5. The first-order valence-electron chi connectivity index (χ1n) is 8.52. The second-order valence-electron chi connectivity index (χ2n) is 6.20. The van der Waals surface area contributed by atoms with Gasteiger partial charge in [-0.3, -0.25) is 0 Å². The zero-order valence-electron chi connectivity index (χ0n) is 15.9. The lowest BCUT2D eigenvalue weighted by atomic mass is 10.2.